The van der Waals surface area contributed by atoms with Gasteiger partial charge in [-0.1, -0.05) is 6.07 Å². The van der Waals surface area contributed by atoms with Crippen molar-refractivity contribution in [1.82, 2.24) is 4.72 Å². The Kier molecular flexibility index (Phi) is 4.52. The normalized spacial score (nSPS) is 13.1. The van der Waals surface area contributed by atoms with Crippen LogP contribution in [0.2, 0.25) is 0 Å². The average Bonchev–Trinajstić information content (AvgIpc) is 2.40. The van der Waals surface area contributed by atoms with Crippen molar-refractivity contribution in [2.45, 2.75) is 17.9 Å². The second-order valence-corrected chi connectivity index (χ2v) is 6.34. The van der Waals surface area contributed by atoms with Gasteiger partial charge in [0.15, 0.2) is 11.6 Å². The van der Waals surface area contributed by atoms with Crippen molar-refractivity contribution >= 4 is 10.0 Å². The molecule has 2 aromatic rings. The van der Waals surface area contributed by atoms with E-state index in [-0.39, 0.29) is 5.56 Å². The fourth-order valence-corrected chi connectivity index (χ4v) is 3.11. The molecule has 118 valence electrons. The molecule has 0 saturated carbocycles. The summed E-state index contributed by atoms with van der Waals surface area (Å²) in [6, 6.07) is 3.83. The summed E-state index contributed by atoms with van der Waals surface area (Å²) >= 11 is 0. The van der Waals surface area contributed by atoms with Crippen LogP contribution in [0.3, 0.4) is 0 Å². The lowest BCUT2D eigenvalue weighted by Crippen LogP contribution is -2.27. The lowest BCUT2D eigenvalue weighted by atomic mass is 10.1. The molecule has 0 spiro atoms. The molecule has 2 rings (SSSR count). The van der Waals surface area contributed by atoms with Crippen LogP contribution in [0.5, 0.6) is 0 Å². The molecule has 0 bridgehead atoms. The first-order chi connectivity index (χ1) is 10.2. The Morgan fingerprint density at radius 3 is 2.05 bits per heavy atom. The first-order valence-electron chi connectivity index (χ1n) is 6.12. The van der Waals surface area contributed by atoms with Gasteiger partial charge in [0.05, 0.1) is 4.90 Å². The maximum Gasteiger partial charge on any atom is 0.241 e. The number of hydrogen-bond donors (Lipinski definition) is 1. The number of nitrogens with one attached hydrogen (secondary N) is 1. The first kappa shape index (κ1) is 16.4. The highest BCUT2D eigenvalue weighted by atomic mass is 32.2. The van der Waals surface area contributed by atoms with E-state index in [9.17, 15) is 26.0 Å². The van der Waals surface area contributed by atoms with E-state index >= 15 is 0 Å². The number of benzene rings is 2. The molecule has 0 radical (unpaired) electrons. The second kappa shape index (κ2) is 6.05. The van der Waals surface area contributed by atoms with Gasteiger partial charge >= 0.3 is 0 Å². The zero-order valence-electron chi connectivity index (χ0n) is 11.3. The largest absolute Gasteiger partial charge is 0.241 e. The molecular weight excluding hydrogens is 322 g/mol. The van der Waals surface area contributed by atoms with E-state index in [0.717, 1.165) is 12.1 Å². The number of rotatable bonds is 4. The van der Waals surface area contributed by atoms with Gasteiger partial charge in [0.1, 0.15) is 11.6 Å². The molecule has 1 unspecified atom stereocenters. The van der Waals surface area contributed by atoms with Crippen LogP contribution in [0.25, 0.3) is 0 Å². The fraction of sp³-hybridized carbons (Fsp3) is 0.143. The third-order valence-corrected chi connectivity index (χ3v) is 4.44. The van der Waals surface area contributed by atoms with Crippen molar-refractivity contribution in [2.24, 2.45) is 0 Å². The minimum absolute atomic E-state index is 0.166. The van der Waals surface area contributed by atoms with Crippen molar-refractivity contribution < 1.29 is 26.0 Å². The summed E-state index contributed by atoms with van der Waals surface area (Å²) in [5, 5.41) is 0. The molecule has 0 heterocycles. The highest BCUT2D eigenvalue weighted by molar-refractivity contribution is 7.89. The number of sulfonamides is 1. The Labute approximate surface area is 124 Å². The first-order valence-corrected chi connectivity index (χ1v) is 7.61. The zero-order valence-corrected chi connectivity index (χ0v) is 12.1. The Bertz CT molecular complexity index is 788. The van der Waals surface area contributed by atoms with Crippen LogP contribution in [0.15, 0.2) is 41.3 Å². The van der Waals surface area contributed by atoms with Crippen LogP contribution in [0.4, 0.5) is 17.6 Å². The van der Waals surface area contributed by atoms with E-state index in [4.69, 9.17) is 0 Å². The highest BCUT2D eigenvalue weighted by Gasteiger charge is 2.20. The third kappa shape index (κ3) is 3.63. The van der Waals surface area contributed by atoms with Gasteiger partial charge in [0, 0.05) is 12.1 Å². The van der Waals surface area contributed by atoms with Crippen LogP contribution < -0.4 is 4.72 Å². The van der Waals surface area contributed by atoms with Crippen LogP contribution in [0, 0.1) is 23.3 Å². The summed E-state index contributed by atoms with van der Waals surface area (Å²) in [5.41, 5.74) is 0.166. The molecule has 0 aliphatic carbocycles. The monoisotopic (exact) mass is 333 g/mol. The van der Waals surface area contributed by atoms with E-state index in [1.807, 2.05) is 0 Å². The predicted molar refractivity (Wildman–Crippen MR) is 71.5 cm³/mol. The minimum atomic E-state index is -4.22. The van der Waals surface area contributed by atoms with Gasteiger partial charge in [-0.25, -0.2) is 30.7 Å². The van der Waals surface area contributed by atoms with E-state index in [2.05, 4.69) is 4.72 Å². The van der Waals surface area contributed by atoms with Gasteiger partial charge in [0.2, 0.25) is 10.0 Å². The molecule has 22 heavy (non-hydrogen) atoms. The molecular formula is C14H11F4NO2S. The highest BCUT2D eigenvalue weighted by Crippen LogP contribution is 2.20. The molecule has 0 amide bonds. The molecule has 0 aromatic heterocycles. The van der Waals surface area contributed by atoms with E-state index in [1.54, 1.807) is 0 Å². The molecule has 2 aromatic carbocycles. The topological polar surface area (TPSA) is 46.2 Å². The molecule has 1 N–H and O–H groups in total. The van der Waals surface area contributed by atoms with Crippen molar-refractivity contribution in [3.05, 3.63) is 65.2 Å². The van der Waals surface area contributed by atoms with Crippen molar-refractivity contribution in [3.63, 3.8) is 0 Å². The van der Waals surface area contributed by atoms with Crippen LogP contribution in [-0.2, 0) is 10.0 Å². The summed E-state index contributed by atoms with van der Waals surface area (Å²) in [7, 11) is -4.22. The van der Waals surface area contributed by atoms with Gasteiger partial charge in [-0.3, -0.25) is 0 Å². The van der Waals surface area contributed by atoms with Gasteiger partial charge < -0.3 is 0 Å². The van der Waals surface area contributed by atoms with Crippen molar-refractivity contribution in [3.8, 4) is 0 Å². The molecule has 3 nitrogen and oxygen atoms in total. The van der Waals surface area contributed by atoms with Crippen LogP contribution in [0.1, 0.15) is 18.5 Å². The zero-order chi connectivity index (χ0) is 16.5. The quantitative estimate of drug-likeness (QED) is 0.873. The van der Waals surface area contributed by atoms with E-state index in [1.165, 1.54) is 13.0 Å². The van der Waals surface area contributed by atoms with Crippen molar-refractivity contribution in [2.75, 3.05) is 0 Å². The summed E-state index contributed by atoms with van der Waals surface area (Å²) in [4.78, 5) is -0.598. The van der Waals surface area contributed by atoms with Gasteiger partial charge in [-0.15, -0.1) is 0 Å². The molecule has 1 atom stereocenters. The SMILES string of the molecule is CC(NS(=O)(=O)c1cc(F)cc(F)c1)c1ccc(F)c(F)c1. The van der Waals surface area contributed by atoms with E-state index in [0.29, 0.717) is 18.2 Å². The molecule has 0 aliphatic rings. The molecule has 0 aliphatic heterocycles. The fourth-order valence-electron chi connectivity index (χ4n) is 1.83. The van der Waals surface area contributed by atoms with Gasteiger partial charge in [-0.05, 0) is 36.8 Å². The summed E-state index contributed by atoms with van der Waals surface area (Å²) in [6.07, 6.45) is 0. The standard InChI is InChI=1S/C14H11F4NO2S/c1-8(9-2-3-13(17)14(18)4-9)19-22(20,21)12-6-10(15)5-11(16)7-12/h2-8,19H,1H3. The maximum atomic E-state index is 13.1. The molecule has 0 fully saturated rings. The molecule has 0 saturated heterocycles. The summed E-state index contributed by atoms with van der Waals surface area (Å²) in [5.74, 6) is -4.27. The van der Waals surface area contributed by atoms with Gasteiger partial charge in [-0.2, -0.15) is 0 Å². The van der Waals surface area contributed by atoms with Gasteiger partial charge in [0.25, 0.3) is 0 Å². The summed E-state index contributed by atoms with van der Waals surface area (Å²) in [6.45, 7) is 1.39. The van der Waals surface area contributed by atoms with E-state index < -0.39 is 44.2 Å². The smallest absolute Gasteiger partial charge is 0.207 e. The lowest BCUT2D eigenvalue weighted by molar-refractivity contribution is 0.504. The minimum Gasteiger partial charge on any atom is -0.207 e. The number of halogens is 4. The Balaban J connectivity index is 2.29. The third-order valence-electron chi connectivity index (χ3n) is 2.92. The number of hydrogen-bond acceptors (Lipinski definition) is 2. The Morgan fingerprint density at radius 1 is 0.909 bits per heavy atom. The molecule has 8 heteroatoms. The lowest BCUT2D eigenvalue weighted by Gasteiger charge is -2.15. The summed E-state index contributed by atoms with van der Waals surface area (Å²) < 4.78 is 78.5. The predicted octanol–water partition coefficient (Wildman–Crippen LogP) is 3.28. The van der Waals surface area contributed by atoms with Crippen LogP contribution in [-0.4, -0.2) is 8.42 Å². The Morgan fingerprint density at radius 2 is 1.50 bits per heavy atom. The Hall–Kier alpha value is -1.93. The maximum absolute atomic E-state index is 13.1. The van der Waals surface area contributed by atoms with Crippen LogP contribution >= 0.6 is 0 Å². The van der Waals surface area contributed by atoms with Crippen molar-refractivity contribution in [1.29, 1.82) is 0 Å². The second-order valence-electron chi connectivity index (χ2n) is 4.62. The average molecular weight is 333 g/mol.